The molecule has 0 aliphatic carbocycles. The zero-order valence-corrected chi connectivity index (χ0v) is 17.6. The SMILES string of the molecule is CC(O)N1CC(C(=O)N2CCN(Cc3ccc(F)cc3)CC2)Oc2ccc(Cl)cc21. The van der Waals surface area contributed by atoms with Crippen molar-refractivity contribution in [3.8, 4) is 5.75 Å². The van der Waals surface area contributed by atoms with Gasteiger partial charge in [-0.05, 0) is 42.8 Å². The summed E-state index contributed by atoms with van der Waals surface area (Å²) in [4.78, 5) is 18.9. The molecule has 1 N–H and O–H groups in total. The number of amides is 1. The van der Waals surface area contributed by atoms with Crippen LogP contribution in [-0.4, -0.2) is 65.9 Å². The number of benzene rings is 2. The van der Waals surface area contributed by atoms with E-state index < -0.39 is 12.3 Å². The van der Waals surface area contributed by atoms with E-state index >= 15 is 0 Å². The molecule has 2 heterocycles. The molecule has 160 valence electrons. The lowest BCUT2D eigenvalue weighted by molar-refractivity contribution is -0.140. The van der Waals surface area contributed by atoms with Crippen LogP contribution in [-0.2, 0) is 11.3 Å². The summed E-state index contributed by atoms with van der Waals surface area (Å²) in [6, 6.07) is 11.7. The molecule has 1 saturated heterocycles. The van der Waals surface area contributed by atoms with Gasteiger partial charge >= 0.3 is 0 Å². The second kappa shape index (κ2) is 8.79. The summed E-state index contributed by atoms with van der Waals surface area (Å²) in [6.45, 7) is 5.33. The van der Waals surface area contributed by atoms with Gasteiger partial charge in [0.15, 0.2) is 6.10 Å². The highest BCUT2D eigenvalue weighted by Crippen LogP contribution is 2.36. The van der Waals surface area contributed by atoms with Crippen molar-refractivity contribution in [2.75, 3.05) is 37.6 Å². The Labute approximate surface area is 180 Å². The fraction of sp³-hybridized carbons (Fsp3) is 0.409. The highest BCUT2D eigenvalue weighted by molar-refractivity contribution is 6.31. The van der Waals surface area contributed by atoms with Crippen molar-refractivity contribution in [3.63, 3.8) is 0 Å². The maximum absolute atomic E-state index is 13.1. The van der Waals surface area contributed by atoms with Crippen LogP contribution in [0.3, 0.4) is 0 Å². The fourth-order valence-corrected chi connectivity index (χ4v) is 4.11. The van der Waals surface area contributed by atoms with Crippen LogP contribution in [0.25, 0.3) is 0 Å². The molecule has 2 aliphatic rings. The molecule has 1 amide bonds. The van der Waals surface area contributed by atoms with E-state index in [9.17, 15) is 14.3 Å². The molecule has 8 heteroatoms. The number of halogens is 2. The Morgan fingerprint density at radius 3 is 2.57 bits per heavy atom. The molecule has 0 spiro atoms. The Kier molecular flexibility index (Phi) is 6.13. The summed E-state index contributed by atoms with van der Waals surface area (Å²) >= 11 is 6.08. The second-order valence-electron chi connectivity index (χ2n) is 7.73. The molecule has 6 nitrogen and oxygen atoms in total. The summed E-state index contributed by atoms with van der Waals surface area (Å²) in [7, 11) is 0. The zero-order chi connectivity index (χ0) is 21.3. The number of nitrogens with zero attached hydrogens (tertiary/aromatic N) is 3. The number of hydrogen-bond acceptors (Lipinski definition) is 5. The van der Waals surface area contributed by atoms with Crippen LogP contribution in [0.2, 0.25) is 5.02 Å². The Hall–Kier alpha value is -2.35. The van der Waals surface area contributed by atoms with E-state index in [2.05, 4.69) is 4.90 Å². The number of fused-ring (bicyclic) bond motifs is 1. The Morgan fingerprint density at radius 2 is 1.90 bits per heavy atom. The van der Waals surface area contributed by atoms with Gasteiger partial charge in [-0.3, -0.25) is 9.69 Å². The van der Waals surface area contributed by atoms with Crippen molar-refractivity contribution in [1.29, 1.82) is 0 Å². The van der Waals surface area contributed by atoms with Crippen LogP contribution in [0, 0.1) is 5.82 Å². The van der Waals surface area contributed by atoms with Crippen LogP contribution in [0.4, 0.5) is 10.1 Å². The molecule has 2 aromatic carbocycles. The lowest BCUT2D eigenvalue weighted by atomic mass is 10.1. The highest BCUT2D eigenvalue weighted by Gasteiger charge is 2.36. The van der Waals surface area contributed by atoms with E-state index in [0.29, 0.717) is 29.5 Å². The van der Waals surface area contributed by atoms with E-state index in [4.69, 9.17) is 16.3 Å². The summed E-state index contributed by atoms with van der Waals surface area (Å²) < 4.78 is 19.0. The third-order valence-electron chi connectivity index (χ3n) is 5.59. The van der Waals surface area contributed by atoms with E-state index in [0.717, 1.165) is 25.2 Å². The van der Waals surface area contributed by atoms with Crippen LogP contribution in [0.1, 0.15) is 12.5 Å². The summed E-state index contributed by atoms with van der Waals surface area (Å²) in [5.41, 5.74) is 1.74. The van der Waals surface area contributed by atoms with Crippen molar-refractivity contribution in [3.05, 3.63) is 58.9 Å². The third-order valence-corrected chi connectivity index (χ3v) is 5.83. The average molecular weight is 434 g/mol. The first kappa shape index (κ1) is 20.9. The van der Waals surface area contributed by atoms with Gasteiger partial charge in [-0.25, -0.2) is 4.39 Å². The topological polar surface area (TPSA) is 56.2 Å². The number of aliphatic hydroxyl groups excluding tert-OH is 1. The molecule has 0 radical (unpaired) electrons. The molecular formula is C22H25ClFN3O3. The number of carbonyl (C=O) groups is 1. The van der Waals surface area contributed by atoms with Gasteiger partial charge in [0.2, 0.25) is 0 Å². The van der Waals surface area contributed by atoms with Crippen molar-refractivity contribution in [1.82, 2.24) is 9.80 Å². The largest absolute Gasteiger partial charge is 0.477 e. The smallest absolute Gasteiger partial charge is 0.265 e. The fourth-order valence-electron chi connectivity index (χ4n) is 3.94. The van der Waals surface area contributed by atoms with E-state index in [1.54, 1.807) is 42.2 Å². The van der Waals surface area contributed by atoms with Gasteiger partial charge < -0.3 is 19.6 Å². The summed E-state index contributed by atoms with van der Waals surface area (Å²) in [6.07, 6.45) is -1.45. The van der Waals surface area contributed by atoms with Crippen LogP contribution >= 0.6 is 11.6 Å². The maximum atomic E-state index is 13.1. The maximum Gasteiger partial charge on any atom is 0.265 e. The molecule has 4 rings (SSSR count). The van der Waals surface area contributed by atoms with Gasteiger partial charge in [-0.15, -0.1) is 0 Å². The van der Waals surface area contributed by atoms with E-state index in [1.807, 2.05) is 4.90 Å². The van der Waals surface area contributed by atoms with E-state index in [1.165, 1.54) is 12.1 Å². The predicted octanol–water partition coefficient (Wildman–Crippen LogP) is 2.73. The summed E-state index contributed by atoms with van der Waals surface area (Å²) in [5, 5.41) is 10.7. The second-order valence-corrected chi connectivity index (χ2v) is 8.17. The van der Waals surface area contributed by atoms with Gasteiger partial charge in [0, 0.05) is 37.7 Å². The quantitative estimate of drug-likeness (QED) is 0.803. The summed E-state index contributed by atoms with van der Waals surface area (Å²) in [5.74, 6) is 0.222. The molecule has 0 saturated carbocycles. The van der Waals surface area contributed by atoms with Gasteiger partial charge in [0.05, 0.1) is 12.2 Å². The minimum Gasteiger partial charge on any atom is -0.477 e. The van der Waals surface area contributed by atoms with Gasteiger partial charge in [0.25, 0.3) is 5.91 Å². The molecule has 2 unspecified atom stereocenters. The minimum absolute atomic E-state index is 0.0808. The molecule has 30 heavy (non-hydrogen) atoms. The molecule has 0 bridgehead atoms. The predicted molar refractivity (Wildman–Crippen MR) is 113 cm³/mol. The zero-order valence-electron chi connectivity index (χ0n) is 16.8. The number of rotatable bonds is 4. The van der Waals surface area contributed by atoms with Crippen molar-refractivity contribution < 1.29 is 19.0 Å². The number of anilines is 1. The molecular weight excluding hydrogens is 409 g/mol. The van der Waals surface area contributed by atoms with E-state index in [-0.39, 0.29) is 18.3 Å². The number of carbonyl (C=O) groups excluding carboxylic acids is 1. The number of aliphatic hydroxyl groups is 1. The monoisotopic (exact) mass is 433 g/mol. The normalized spacial score (nSPS) is 20.5. The highest BCUT2D eigenvalue weighted by atomic mass is 35.5. The van der Waals surface area contributed by atoms with Crippen molar-refractivity contribution >= 4 is 23.2 Å². The molecule has 0 aromatic heterocycles. The standard InChI is InChI=1S/C22H25ClFN3O3/c1-15(28)27-14-21(30-20-7-4-17(23)12-19(20)27)22(29)26-10-8-25(9-11-26)13-16-2-5-18(24)6-3-16/h2-7,12,15,21,28H,8-11,13-14H2,1H3. The molecule has 2 aromatic rings. The number of piperazine rings is 1. The minimum atomic E-state index is -0.769. The Balaban J connectivity index is 1.38. The number of ether oxygens (including phenoxy) is 1. The Morgan fingerprint density at radius 1 is 1.20 bits per heavy atom. The molecule has 2 atom stereocenters. The van der Waals surface area contributed by atoms with Crippen LogP contribution in [0.15, 0.2) is 42.5 Å². The van der Waals surface area contributed by atoms with Gasteiger partial charge in [-0.2, -0.15) is 0 Å². The third kappa shape index (κ3) is 4.53. The molecule has 2 aliphatic heterocycles. The Bertz CT molecular complexity index is 901. The average Bonchev–Trinajstić information content (AvgIpc) is 2.74. The van der Waals surface area contributed by atoms with Crippen molar-refractivity contribution in [2.24, 2.45) is 0 Å². The van der Waals surface area contributed by atoms with Gasteiger partial charge in [-0.1, -0.05) is 23.7 Å². The molecule has 1 fully saturated rings. The first-order valence-corrected chi connectivity index (χ1v) is 10.4. The van der Waals surface area contributed by atoms with Crippen LogP contribution < -0.4 is 9.64 Å². The lowest BCUT2D eigenvalue weighted by Crippen LogP contribution is -2.56. The first-order valence-electron chi connectivity index (χ1n) is 10.1. The van der Waals surface area contributed by atoms with Crippen molar-refractivity contribution in [2.45, 2.75) is 25.8 Å². The van der Waals surface area contributed by atoms with Crippen LogP contribution in [0.5, 0.6) is 5.75 Å². The number of hydrogen-bond donors (Lipinski definition) is 1. The van der Waals surface area contributed by atoms with Gasteiger partial charge in [0.1, 0.15) is 17.8 Å². The lowest BCUT2D eigenvalue weighted by Gasteiger charge is -2.41. The first-order chi connectivity index (χ1) is 14.4.